The van der Waals surface area contributed by atoms with Gasteiger partial charge in [-0.1, -0.05) is 0 Å². The van der Waals surface area contributed by atoms with E-state index in [1.807, 2.05) is 0 Å². The minimum atomic E-state index is -2.62. The Hall–Kier alpha value is 1.31. The first-order valence-corrected chi connectivity index (χ1v) is 7.15. The Kier molecular flexibility index (Phi) is 10.4. The molecule has 0 atom stereocenters. The number of halogens is 4. The van der Waals surface area contributed by atoms with Crippen LogP contribution in [-0.4, -0.2) is 35.7 Å². The van der Waals surface area contributed by atoms with Crippen LogP contribution in [0, 0.1) is 0 Å². The Morgan fingerprint density at radius 3 is 1.36 bits per heavy atom. The van der Waals surface area contributed by atoms with Gasteiger partial charge < -0.3 is 9.05 Å². The third-order valence-electron chi connectivity index (χ3n) is 1.21. The lowest BCUT2D eigenvalue weighted by Crippen LogP contribution is -2.17. The molecular formula is C6H11Cl4O3P. The van der Waals surface area contributed by atoms with Crippen LogP contribution in [-0.2, 0) is 13.6 Å². The van der Waals surface area contributed by atoms with Crippen LogP contribution in [0.2, 0.25) is 0 Å². The van der Waals surface area contributed by atoms with Crippen molar-refractivity contribution in [1.82, 2.24) is 0 Å². The fraction of sp³-hybridized carbons (Fsp3) is 1.00. The van der Waals surface area contributed by atoms with E-state index >= 15 is 0 Å². The summed E-state index contributed by atoms with van der Waals surface area (Å²) in [5, 5.41) is 0. The highest BCUT2D eigenvalue weighted by molar-refractivity contribution is 7.33. The minimum Gasteiger partial charge on any atom is -0.305 e. The van der Waals surface area contributed by atoms with E-state index in [4.69, 9.17) is 55.5 Å². The van der Waals surface area contributed by atoms with E-state index in [1.165, 1.54) is 0 Å². The van der Waals surface area contributed by atoms with Crippen molar-refractivity contribution in [2.24, 2.45) is 0 Å². The van der Waals surface area contributed by atoms with E-state index in [2.05, 4.69) is 0 Å². The van der Waals surface area contributed by atoms with E-state index in [-0.39, 0.29) is 23.5 Å². The lowest BCUT2D eigenvalue weighted by molar-refractivity contribution is 0.166. The predicted octanol–water partition coefficient (Wildman–Crippen LogP) is 3.10. The SMILES string of the molecule is O=[PH](OC(CCl)CCl)OC(CCl)CCl. The van der Waals surface area contributed by atoms with Crippen molar-refractivity contribution in [2.45, 2.75) is 12.2 Å². The Morgan fingerprint density at radius 1 is 0.857 bits per heavy atom. The number of rotatable bonds is 8. The molecule has 8 heteroatoms. The van der Waals surface area contributed by atoms with Gasteiger partial charge in [0, 0.05) is 0 Å². The molecule has 0 aromatic heterocycles. The van der Waals surface area contributed by atoms with E-state index in [1.54, 1.807) is 0 Å². The Morgan fingerprint density at radius 2 is 1.14 bits per heavy atom. The van der Waals surface area contributed by atoms with Gasteiger partial charge in [-0.05, 0) is 0 Å². The zero-order chi connectivity index (χ0) is 11.0. The van der Waals surface area contributed by atoms with Crippen LogP contribution in [0.5, 0.6) is 0 Å². The molecule has 86 valence electrons. The molecule has 0 fully saturated rings. The fourth-order valence-electron chi connectivity index (χ4n) is 0.508. The lowest BCUT2D eigenvalue weighted by atomic mass is 10.5. The molecule has 0 N–H and O–H groups in total. The van der Waals surface area contributed by atoms with E-state index in [0.717, 1.165) is 0 Å². The van der Waals surface area contributed by atoms with Crippen LogP contribution in [0.4, 0.5) is 0 Å². The smallest absolute Gasteiger partial charge is 0.305 e. The summed E-state index contributed by atoms with van der Waals surface area (Å²) in [4.78, 5) is 0. The van der Waals surface area contributed by atoms with Crippen LogP contribution < -0.4 is 0 Å². The summed E-state index contributed by atoms with van der Waals surface area (Å²) in [5.74, 6) is 0.650. The molecule has 0 heterocycles. The molecule has 0 bridgehead atoms. The van der Waals surface area contributed by atoms with Crippen LogP contribution >= 0.6 is 54.7 Å². The average Bonchev–Trinajstić information content (AvgIpc) is 2.22. The number of hydrogen-bond acceptors (Lipinski definition) is 3. The fourth-order valence-corrected chi connectivity index (χ4v) is 2.78. The summed E-state index contributed by atoms with van der Waals surface area (Å²) in [6, 6.07) is 0. The topological polar surface area (TPSA) is 35.5 Å². The maximum absolute atomic E-state index is 11.2. The summed E-state index contributed by atoms with van der Waals surface area (Å²) in [6.45, 7) is 0. The maximum Gasteiger partial charge on any atom is 0.319 e. The van der Waals surface area contributed by atoms with Crippen molar-refractivity contribution in [3.8, 4) is 0 Å². The summed E-state index contributed by atoms with van der Waals surface area (Å²) in [7, 11) is -2.62. The van der Waals surface area contributed by atoms with Gasteiger partial charge in [-0.3, -0.25) is 4.57 Å². The molecule has 0 spiro atoms. The third kappa shape index (κ3) is 6.73. The Balaban J connectivity index is 3.83. The van der Waals surface area contributed by atoms with Crippen LogP contribution in [0.15, 0.2) is 0 Å². The molecule has 0 saturated heterocycles. The molecule has 0 radical (unpaired) electrons. The molecular weight excluding hydrogens is 293 g/mol. The highest BCUT2D eigenvalue weighted by atomic mass is 35.5. The van der Waals surface area contributed by atoms with Crippen molar-refractivity contribution in [1.29, 1.82) is 0 Å². The molecule has 0 amide bonds. The maximum atomic E-state index is 11.2. The molecule has 0 aliphatic heterocycles. The summed E-state index contributed by atoms with van der Waals surface area (Å²) in [5.41, 5.74) is 0. The van der Waals surface area contributed by atoms with E-state index in [0.29, 0.717) is 0 Å². The van der Waals surface area contributed by atoms with E-state index < -0.39 is 20.5 Å². The molecule has 0 aromatic carbocycles. The zero-order valence-electron chi connectivity index (χ0n) is 7.22. The molecule has 14 heavy (non-hydrogen) atoms. The molecule has 0 unspecified atom stereocenters. The average molecular weight is 304 g/mol. The first-order valence-electron chi connectivity index (χ1n) is 3.79. The van der Waals surface area contributed by atoms with Gasteiger partial charge in [0.1, 0.15) is 0 Å². The predicted molar refractivity (Wildman–Crippen MR) is 61.6 cm³/mol. The molecule has 0 rings (SSSR count). The summed E-state index contributed by atoms with van der Waals surface area (Å²) < 4.78 is 21.1. The molecule has 3 nitrogen and oxygen atoms in total. The third-order valence-corrected chi connectivity index (χ3v) is 3.64. The molecule has 0 saturated carbocycles. The van der Waals surface area contributed by atoms with Gasteiger partial charge >= 0.3 is 8.25 Å². The second-order valence-corrected chi connectivity index (χ2v) is 4.55. The first kappa shape index (κ1) is 15.3. The lowest BCUT2D eigenvalue weighted by Gasteiger charge is -2.15. The van der Waals surface area contributed by atoms with Crippen molar-refractivity contribution < 1.29 is 13.6 Å². The van der Waals surface area contributed by atoms with Crippen molar-refractivity contribution in [3.63, 3.8) is 0 Å². The summed E-state index contributed by atoms with van der Waals surface area (Å²) in [6.07, 6.45) is -0.952. The van der Waals surface area contributed by atoms with Crippen LogP contribution in [0.3, 0.4) is 0 Å². The van der Waals surface area contributed by atoms with Gasteiger partial charge in [-0.2, -0.15) is 0 Å². The molecule has 0 aliphatic carbocycles. The second-order valence-electron chi connectivity index (χ2n) is 2.35. The van der Waals surface area contributed by atoms with Gasteiger partial charge in [0.15, 0.2) is 0 Å². The minimum absolute atomic E-state index is 0.162. The largest absolute Gasteiger partial charge is 0.319 e. The van der Waals surface area contributed by atoms with Crippen molar-refractivity contribution in [3.05, 3.63) is 0 Å². The van der Waals surface area contributed by atoms with Gasteiger partial charge in [-0.15, -0.1) is 46.4 Å². The molecule has 0 aliphatic rings. The normalized spacial score (nSPS) is 11.9. The first-order chi connectivity index (χ1) is 6.67. The zero-order valence-corrected chi connectivity index (χ0v) is 11.2. The molecule has 0 aromatic rings. The van der Waals surface area contributed by atoms with Gasteiger partial charge in [0.2, 0.25) is 0 Å². The Labute approximate surface area is 104 Å². The van der Waals surface area contributed by atoms with E-state index in [9.17, 15) is 4.57 Å². The number of hydrogen-bond donors (Lipinski definition) is 0. The van der Waals surface area contributed by atoms with Crippen molar-refractivity contribution >= 4 is 54.7 Å². The monoisotopic (exact) mass is 302 g/mol. The highest BCUT2D eigenvalue weighted by Crippen LogP contribution is 2.29. The van der Waals surface area contributed by atoms with Crippen LogP contribution in [0.25, 0.3) is 0 Å². The quantitative estimate of drug-likeness (QED) is 0.510. The van der Waals surface area contributed by atoms with Crippen molar-refractivity contribution in [2.75, 3.05) is 23.5 Å². The van der Waals surface area contributed by atoms with Gasteiger partial charge in [0.25, 0.3) is 0 Å². The standard InChI is InChI=1S/C6H11Cl4O3P/c7-1-5(2-8)12-14(11)13-6(3-9)4-10/h5-6,14H,1-4H2. The summed E-state index contributed by atoms with van der Waals surface area (Å²) >= 11 is 21.9. The highest BCUT2D eigenvalue weighted by Gasteiger charge is 2.15. The Bertz CT molecular complexity index is 147. The van der Waals surface area contributed by atoms with Crippen LogP contribution in [0.1, 0.15) is 0 Å². The second kappa shape index (κ2) is 9.53. The van der Waals surface area contributed by atoms with Gasteiger partial charge in [0.05, 0.1) is 35.7 Å². The van der Waals surface area contributed by atoms with Gasteiger partial charge in [-0.25, -0.2) is 0 Å². The number of alkyl halides is 4.